The number of benzene rings is 1. The maximum Gasteiger partial charge on any atom is 0.407 e. The van der Waals surface area contributed by atoms with Crippen molar-refractivity contribution in [2.24, 2.45) is 0 Å². The van der Waals surface area contributed by atoms with Crippen molar-refractivity contribution in [1.82, 2.24) is 10.6 Å². The molecule has 170 valence electrons. The molecule has 9 nitrogen and oxygen atoms in total. The summed E-state index contributed by atoms with van der Waals surface area (Å²) in [6, 6.07) is 9.20. The Bertz CT molecular complexity index is 989. The molecule has 0 radical (unpaired) electrons. The van der Waals surface area contributed by atoms with E-state index in [4.69, 9.17) is 13.9 Å². The molecule has 0 atom stereocenters. The van der Waals surface area contributed by atoms with Gasteiger partial charge in [0.1, 0.15) is 23.7 Å². The number of carbonyl (C=O) groups excluding carboxylic acids is 2. The van der Waals surface area contributed by atoms with Gasteiger partial charge in [-0.25, -0.2) is 13.2 Å². The topological polar surface area (TPSA) is 124 Å². The SMILES string of the molecule is CC(C)(C)OC(=O)NCCCNC(=O)c1ccc(COc2ccc(S(C)(=O)=O)cc2)o1. The van der Waals surface area contributed by atoms with E-state index in [2.05, 4.69) is 10.6 Å². The molecule has 0 aliphatic heterocycles. The fourth-order valence-electron chi connectivity index (χ4n) is 2.40. The summed E-state index contributed by atoms with van der Waals surface area (Å²) in [7, 11) is -3.26. The summed E-state index contributed by atoms with van der Waals surface area (Å²) in [5, 5.41) is 5.32. The monoisotopic (exact) mass is 452 g/mol. The molecule has 0 aliphatic rings. The minimum Gasteiger partial charge on any atom is -0.486 e. The summed E-state index contributed by atoms with van der Waals surface area (Å²) < 4.78 is 39.1. The zero-order chi connectivity index (χ0) is 23.1. The Morgan fingerprint density at radius 3 is 2.26 bits per heavy atom. The number of alkyl carbamates (subject to hydrolysis) is 1. The highest BCUT2D eigenvalue weighted by Gasteiger charge is 2.16. The lowest BCUT2D eigenvalue weighted by Gasteiger charge is -2.19. The first-order valence-electron chi connectivity index (χ1n) is 9.71. The van der Waals surface area contributed by atoms with Crippen molar-refractivity contribution in [3.8, 4) is 5.75 Å². The van der Waals surface area contributed by atoms with Crippen LogP contribution in [-0.4, -0.2) is 45.4 Å². The average molecular weight is 453 g/mol. The Morgan fingerprint density at radius 2 is 1.65 bits per heavy atom. The van der Waals surface area contributed by atoms with E-state index < -0.39 is 21.5 Å². The van der Waals surface area contributed by atoms with Crippen LogP contribution >= 0.6 is 0 Å². The van der Waals surface area contributed by atoms with Crippen molar-refractivity contribution in [3.63, 3.8) is 0 Å². The predicted molar refractivity (Wildman–Crippen MR) is 114 cm³/mol. The minimum absolute atomic E-state index is 0.0886. The predicted octanol–water partition coefficient (Wildman–Crippen LogP) is 2.91. The van der Waals surface area contributed by atoms with E-state index in [0.29, 0.717) is 31.0 Å². The van der Waals surface area contributed by atoms with E-state index in [9.17, 15) is 18.0 Å². The molecule has 2 N–H and O–H groups in total. The van der Waals surface area contributed by atoms with Crippen LogP contribution < -0.4 is 15.4 Å². The largest absolute Gasteiger partial charge is 0.486 e. The molecule has 1 aromatic heterocycles. The smallest absolute Gasteiger partial charge is 0.407 e. The van der Waals surface area contributed by atoms with Crippen LogP contribution in [0.1, 0.15) is 43.5 Å². The lowest BCUT2D eigenvalue weighted by atomic mass is 10.2. The summed E-state index contributed by atoms with van der Waals surface area (Å²) in [5.41, 5.74) is -0.557. The number of hydrogen-bond acceptors (Lipinski definition) is 7. The van der Waals surface area contributed by atoms with Gasteiger partial charge < -0.3 is 24.5 Å². The summed E-state index contributed by atoms with van der Waals surface area (Å²) in [4.78, 5) is 23.9. The third-order valence-corrected chi connectivity index (χ3v) is 4.95. The van der Waals surface area contributed by atoms with Crippen LogP contribution in [0, 0.1) is 0 Å². The van der Waals surface area contributed by atoms with Gasteiger partial charge in [0.05, 0.1) is 4.90 Å². The van der Waals surface area contributed by atoms with Gasteiger partial charge in [-0.3, -0.25) is 4.79 Å². The molecule has 0 unspecified atom stereocenters. The number of sulfone groups is 1. The van der Waals surface area contributed by atoms with Crippen LogP contribution in [-0.2, 0) is 21.2 Å². The fourth-order valence-corrected chi connectivity index (χ4v) is 3.03. The number of carbonyl (C=O) groups is 2. The van der Waals surface area contributed by atoms with Crippen molar-refractivity contribution in [1.29, 1.82) is 0 Å². The molecule has 2 rings (SSSR count). The van der Waals surface area contributed by atoms with Crippen molar-refractivity contribution in [2.75, 3.05) is 19.3 Å². The molecule has 0 saturated heterocycles. The molecular weight excluding hydrogens is 424 g/mol. The molecule has 0 spiro atoms. The van der Waals surface area contributed by atoms with Crippen LogP contribution in [0.4, 0.5) is 4.79 Å². The standard InChI is InChI=1S/C21H28N2O7S/c1-21(2,3)30-20(25)23-13-5-12-22-19(24)18-11-8-16(29-18)14-28-15-6-9-17(10-7-15)31(4,26)27/h6-11H,5,12-14H2,1-4H3,(H,22,24)(H,23,25). The molecule has 2 amide bonds. The zero-order valence-corrected chi connectivity index (χ0v) is 18.9. The summed E-state index contributed by atoms with van der Waals surface area (Å²) >= 11 is 0. The molecule has 0 fully saturated rings. The van der Waals surface area contributed by atoms with Gasteiger partial charge in [-0.05, 0) is 63.6 Å². The van der Waals surface area contributed by atoms with E-state index in [1.807, 2.05) is 0 Å². The highest BCUT2D eigenvalue weighted by Crippen LogP contribution is 2.18. The normalized spacial score (nSPS) is 11.6. The highest BCUT2D eigenvalue weighted by molar-refractivity contribution is 7.90. The number of amides is 2. The van der Waals surface area contributed by atoms with Crippen LogP contribution in [0.15, 0.2) is 45.7 Å². The van der Waals surface area contributed by atoms with Crippen molar-refractivity contribution in [3.05, 3.63) is 47.9 Å². The lowest BCUT2D eigenvalue weighted by Crippen LogP contribution is -2.34. The first-order valence-corrected chi connectivity index (χ1v) is 11.6. The number of nitrogens with one attached hydrogen (secondary N) is 2. The molecule has 0 bridgehead atoms. The lowest BCUT2D eigenvalue weighted by molar-refractivity contribution is 0.0527. The molecular formula is C21H28N2O7S. The third-order valence-electron chi connectivity index (χ3n) is 3.83. The van der Waals surface area contributed by atoms with Crippen LogP contribution in [0.5, 0.6) is 5.75 Å². The summed E-state index contributed by atoms with van der Waals surface area (Å²) in [6.45, 7) is 6.15. The quantitative estimate of drug-likeness (QED) is 0.561. The van der Waals surface area contributed by atoms with Crippen molar-refractivity contribution in [2.45, 2.75) is 44.3 Å². The van der Waals surface area contributed by atoms with E-state index >= 15 is 0 Å². The Kier molecular flexibility index (Phi) is 8.09. The molecule has 1 heterocycles. The Labute approximate surface area is 182 Å². The minimum atomic E-state index is -3.26. The maximum atomic E-state index is 12.1. The van der Waals surface area contributed by atoms with Gasteiger partial charge in [-0.15, -0.1) is 0 Å². The van der Waals surface area contributed by atoms with Crippen LogP contribution in [0.3, 0.4) is 0 Å². The molecule has 0 saturated carbocycles. The van der Waals surface area contributed by atoms with E-state index in [0.717, 1.165) is 6.26 Å². The number of rotatable bonds is 9. The van der Waals surface area contributed by atoms with Crippen LogP contribution in [0.25, 0.3) is 0 Å². The molecule has 31 heavy (non-hydrogen) atoms. The summed E-state index contributed by atoms with van der Waals surface area (Å²) in [6.07, 6.45) is 1.17. The number of furan rings is 1. The molecule has 10 heteroatoms. The van der Waals surface area contributed by atoms with Crippen molar-refractivity contribution < 1.29 is 31.9 Å². The highest BCUT2D eigenvalue weighted by atomic mass is 32.2. The van der Waals surface area contributed by atoms with Gasteiger partial charge in [0, 0.05) is 19.3 Å². The maximum absolute atomic E-state index is 12.1. The molecule has 1 aromatic carbocycles. The molecule has 0 aliphatic carbocycles. The van der Waals surface area contributed by atoms with E-state index in [1.165, 1.54) is 12.1 Å². The fraction of sp³-hybridized carbons (Fsp3) is 0.429. The first kappa shape index (κ1) is 24.3. The third kappa shape index (κ3) is 8.71. The van der Waals surface area contributed by atoms with Gasteiger partial charge in [0.15, 0.2) is 15.6 Å². The van der Waals surface area contributed by atoms with Crippen LogP contribution in [0.2, 0.25) is 0 Å². The van der Waals surface area contributed by atoms with Gasteiger partial charge in [0.2, 0.25) is 0 Å². The second-order valence-electron chi connectivity index (χ2n) is 7.84. The van der Waals surface area contributed by atoms with E-state index in [1.54, 1.807) is 45.0 Å². The van der Waals surface area contributed by atoms with Gasteiger partial charge in [-0.2, -0.15) is 0 Å². The van der Waals surface area contributed by atoms with Gasteiger partial charge in [0.25, 0.3) is 5.91 Å². The Hall–Kier alpha value is -3.01. The second kappa shape index (κ2) is 10.3. The van der Waals surface area contributed by atoms with Gasteiger partial charge >= 0.3 is 6.09 Å². The molecule has 2 aromatic rings. The summed E-state index contributed by atoms with van der Waals surface area (Å²) in [5.74, 6) is 0.698. The van der Waals surface area contributed by atoms with Crippen molar-refractivity contribution >= 4 is 21.8 Å². The average Bonchev–Trinajstić information content (AvgIpc) is 3.13. The zero-order valence-electron chi connectivity index (χ0n) is 18.1. The van der Waals surface area contributed by atoms with E-state index in [-0.39, 0.29) is 23.2 Å². The van der Waals surface area contributed by atoms with Gasteiger partial charge in [-0.1, -0.05) is 0 Å². The Balaban J connectivity index is 1.71. The Morgan fingerprint density at radius 1 is 1.00 bits per heavy atom. The number of ether oxygens (including phenoxy) is 2. The second-order valence-corrected chi connectivity index (χ2v) is 9.85. The number of hydrogen-bond donors (Lipinski definition) is 2. The first-order chi connectivity index (χ1) is 14.4.